The van der Waals surface area contributed by atoms with Crippen LogP contribution in [0.3, 0.4) is 0 Å². The number of carbonyl (C=O) groups is 2. The molecule has 0 saturated heterocycles. The Labute approximate surface area is 131 Å². The van der Waals surface area contributed by atoms with Gasteiger partial charge in [0.1, 0.15) is 17.3 Å². The van der Waals surface area contributed by atoms with E-state index in [1.165, 1.54) is 11.0 Å². The summed E-state index contributed by atoms with van der Waals surface area (Å²) in [6, 6.07) is 10.9. The largest absolute Gasteiger partial charge is 0.330 e. The van der Waals surface area contributed by atoms with E-state index in [9.17, 15) is 18.4 Å². The van der Waals surface area contributed by atoms with Gasteiger partial charge in [-0.05, 0) is 29.7 Å². The average molecular weight is 316 g/mol. The second-order valence-corrected chi connectivity index (χ2v) is 5.30. The third-order valence-corrected chi connectivity index (χ3v) is 3.81. The van der Waals surface area contributed by atoms with Gasteiger partial charge in [0.05, 0.1) is 0 Å². The van der Waals surface area contributed by atoms with E-state index in [2.05, 4.69) is 0 Å². The summed E-state index contributed by atoms with van der Waals surface area (Å²) >= 11 is 0. The zero-order chi connectivity index (χ0) is 16.4. The van der Waals surface area contributed by atoms with Crippen LogP contribution in [-0.2, 0) is 22.6 Å². The highest BCUT2D eigenvalue weighted by Crippen LogP contribution is 2.20. The zero-order valence-corrected chi connectivity index (χ0v) is 12.2. The molecule has 23 heavy (non-hydrogen) atoms. The van der Waals surface area contributed by atoms with Crippen LogP contribution in [0, 0.1) is 11.6 Å². The minimum Gasteiger partial charge on any atom is -0.330 e. The number of benzene rings is 2. The van der Waals surface area contributed by atoms with Crippen molar-refractivity contribution in [1.29, 1.82) is 0 Å². The van der Waals surface area contributed by atoms with Gasteiger partial charge in [-0.25, -0.2) is 8.78 Å². The highest BCUT2D eigenvalue weighted by molar-refractivity contribution is 6.39. The van der Waals surface area contributed by atoms with Crippen LogP contribution < -0.4 is 5.32 Å². The van der Waals surface area contributed by atoms with Crippen molar-refractivity contribution in [3.63, 3.8) is 0 Å². The number of hydrogen-bond acceptors (Lipinski definition) is 2. The predicted octanol–water partition coefficient (Wildman–Crippen LogP) is 2.49. The molecule has 0 aliphatic carbocycles. The van der Waals surface area contributed by atoms with E-state index in [1.807, 2.05) is 29.6 Å². The summed E-state index contributed by atoms with van der Waals surface area (Å²) in [6.45, 7) is 0.700. The van der Waals surface area contributed by atoms with Crippen LogP contribution in [-0.4, -0.2) is 23.3 Å². The van der Waals surface area contributed by atoms with E-state index >= 15 is 0 Å². The quantitative estimate of drug-likeness (QED) is 0.822. The molecule has 0 radical (unpaired) electrons. The van der Waals surface area contributed by atoms with Crippen molar-refractivity contribution < 1.29 is 18.4 Å². The molecule has 2 aromatic rings. The lowest BCUT2D eigenvalue weighted by molar-refractivity contribution is -0.143. The number of halogens is 2. The van der Waals surface area contributed by atoms with Crippen LogP contribution >= 0.6 is 0 Å². The van der Waals surface area contributed by atoms with Gasteiger partial charge in [-0.3, -0.25) is 9.59 Å². The van der Waals surface area contributed by atoms with Gasteiger partial charge in [-0.15, -0.1) is 0 Å². The number of amides is 2. The molecule has 1 aliphatic heterocycles. The highest BCUT2D eigenvalue weighted by Gasteiger charge is 2.26. The number of hydrogen-bond donors (Lipinski definition) is 1. The second kappa shape index (κ2) is 6.16. The van der Waals surface area contributed by atoms with Crippen LogP contribution in [0.4, 0.5) is 14.5 Å². The van der Waals surface area contributed by atoms with Crippen molar-refractivity contribution in [1.82, 2.24) is 4.90 Å². The topological polar surface area (TPSA) is 49.4 Å². The Kier molecular flexibility index (Phi) is 4.06. The summed E-state index contributed by atoms with van der Waals surface area (Å²) in [6.07, 6.45) is 0.642. The lowest BCUT2D eigenvalue weighted by Crippen LogP contribution is -2.42. The molecule has 0 bridgehead atoms. The van der Waals surface area contributed by atoms with Gasteiger partial charge in [0.15, 0.2) is 0 Å². The van der Waals surface area contributed by atoms with Gasteiger partial charge in [0.2, 0.25) is 0 Å². The van der Waals surface area contributed by atoms with Crippen molar-refractivity contribution in [2.45, 2.75) is 13.0 Å². The molecule has 0 spiro atoms. The highest BCUT2D eigenvalue weighted by atomic mass is 19.1. The first-order chi connectivity index (χ1) is 11.1. The summed E-state index contributed by atoms with van der Waals surface area (Å²) in [5, 5.41) is 2.02. The van der Waals surface area contributed by atoms with Crippen molar-refractivity contribution in [2.24, 2.45) is 0 Å². The Morgan fingerprint density at radius 2 is 1.61 bits per heavy atom. The fourth-order valence-corrected chi connectivity index (χ4v) is 2.60. The van der Waals surface area contributed by atoms with Gasteiger partial charge in [0, 0.05) is 13.1 Å². The third kappa shape index (κ3) is 3.06. The fraction of sp³-hybridized carbons (Fsp3) is 0.176. The number of nitrogens with zero attached hydrogens (tertiary/aromatic N) is 1. The van der Waals surface area contributed by atoms with Gasteiger partial charge in [0.25, 0.3) is 0 Å². The monoisotopic (exact) mass is 316 g/mol. The number of rotatable bonds is 1. The van der Waals surface area contributed by atoms with Crippen molar-refractivity contribution in [2.75, 3.05) is 11.9 Å². The Bertz CT molecular complexity index is 757. The first kappa shape index (κ1) is 15.1. The van der Waals surface area contributed by atoms with E-state index in [0.717, 1.165) is 23.3 Å². The SMILES string of the molecule is O=C(Nc1c(F)cccc1F)C(=O)N1CCc2ccccc2C1. The molecular weight excluding hydrogens is 302 g/mol. The Hall–Kier alpha value is -2.76. The number of anilines is 1. The minimum absolute atomic E-state index is 0.308. The molecule has 0 aromatic heterocycles. The maximum atomic E-state index is 13.5. The van der Waals surface area contributed by atoms with Gasteiger partial charge >= 0.3 is 11.8 Å². The summed E-state index contributed by atoms with van der Waals surface area (Å²) < 4.78 is 27.1. The van der Waals surface area contributed by atoms with Crippen molar-refractivity contribution >= 4 is 17.5 Å². The summed E-state index contributed by atoms with van der Waals surface area (Å²) in [5.41, 5.74) is 1.50. The van der Waals surface area contributed by atoms with Gasteiger partial charge in [-0.1, -0.05) is 30.3 Å². The molecule has 3 rings (SSSR count). The molecule has 1 heterocycles. The predicted molar refractivity (Wildman–Crippen MR) is 80.6 cm³/mol. The Balaban J connectivity index is 1.73. The molecule has 1 N–H and O–H groups in total. The van der Waals surface area contributed by atoms with Crippen LogP contribution in [0.5, 0.6) is 0 Å². The van der Waals surface area contributed by atoms with Crippen molar-refractivity contribution in [3.05, 3.63) is 65.2 Å². The number of nitrogens with one attached hydrogen (secondary N) is 1. The van der Waals surface area contributed by atoms with Crippen molar-refractivity contribution in [3.8, 4) is 0 Å². The second-order valence-electron chi connectivity index (χ2n) is 5.30. The molecule has 4 nitrogen and oxygen atoms in total. The summed E-state index contributed by atoms with van der Waals surface area (Å²) in [5.74, 6) is -3.69. The van der Waals surface area contributed by atoms with Gasteiger partial charge in [-0.2, -0.15) is 0 Å². The maximum Gasteiger partial charge on any atom is 0.314 e. The number of carbonyl (C=O) groups excluding carboxylic acids is 2. The molecule has 1 aliphatic rings. The van der Waals surface area contributed by atoms with Crippen LogP contribution in [0.2, 0.25) is 0 Å². The first-order valence-electron chi connectivity index (χ1n) is 7.17. The Morgan fingerprint density at radius 1 is 0.957 bits per heavy atom. The van der Waals surface area contributed by atoms with Crippen LogP contribution in [0.25, 0.3) is 0 Å². The smallest absolute Gasteiger partial charge is 0.314 e. The number of para-hydroxylation sites is 1. The zero-order valence-electron chi connectivity index (χ0n) is 12.2. The lowest BCUT2D eigenvalue weighted by Gasteiger charge is -2.28. The molecule has 0 fully saturated rings. The first-order valence-corrected chi connectivity index (χ1v) is 7.17. The maximum absolute atomic E-state index is 13.5. The lowest BCUT2D eigenvalue weighted by atomic mass is 10.00. The van der Waals surface area contributed by atoms with E-state index in [4.69, 9.17) is 0 Å². The van der Waals surface area contributed by atoms with E-state index < -0.39 is 29.1 Å². The standard InChI is InChI=1S/C17H14F2N2O2/c18-13-6-3-7-14(19)15(13)20-16(22)17(23)21-9-8-11-4-1-2-5-12(11)10-21/h1-7H,8-10H2,(H,20,22). The van der Waals surface area contributed by atoms with Gasteiger partial charge < -0.3 is 10.2 Å². The van der Waals surface area contributed by atoms with E-state index in [1.54, 1.807) is 0 Å². The molecular formula is C17H14F2N2O2. The van der Waals surface area contributed by atoms with E-state index in [0.29, 0.717) is 19.5 Å². The summed E-state index contributed by atoms with van der Waals surface area (Å²) in [7, 11) is 0. The molecule has 2 amide bonds. The summed E-state index contributed by atoms with van der Waals surface area (Å²) in [4.78, 5) is 25.6. The molecule has 2 aromatic carbocycles. The van der Waals surface area contributed by atoms with E-state index in [-0.39, 0.29) is 0 Å². The molecule has 118 valence electrons. The number of fused-ring (bicyclic) bond motifs is 1. The van der Waals surface area contributed by atoms with Crippen LogP contribution in [0.15, 0.2) is 42.5 Å². The molecule has 0 unspecified atom stereocenters. The fourth-order valence-electron chi connectivity index (χ4n) is 2.60. The normalized spacial score (nSPS) is 13.4. The molecule has 6 heteroatoms. The third-order valence-electron chi connectivity index (χ3n) is 3.81. The molecule has 0 atom stereocenters. The van der Waals surface area contributed by atoms with Crippen LogP contribution in [0.1, 0.15) is 11.1 Å². The minimum atomic E-state index is -1.05. The molecule has 0 saturated carbocycles. The Morgan fingerprint density at radius 3 is 2.30 bits per heavy atom. The average Bonchev–Trinajstić information content (AvgIpc) is 2.57.